The quantitative estimate of drug-likeness (QED) is 0.233. The van der Waals surface area contributed by atoms with Crippen LogP contribution in [0.2, 0.25) is 0 Å². The van der Waals surface area contributed by atoms with Gasteiger partial charge in [-0.1, -0.05) is 47.7 Å². The van der Waals surface area contributed by atoms with Crippen molar-refractivity contribution in [2.45, 2.75) is 11.8 Å². The van der Waals surface area contributed by atoms with Gasteiger partial charge < -0.3 is 9.47 Å². The molecule has 33 heavy (non-hydrogen) atoms. The van der Waals surface area contributed by atoms with Crippen molar-refractivity contribution in [1.82, 2.24) is 9.38 Å². The molecule has 5 rings (SSSR count). The Balaban J connectivity index is 1.37. The Morgan fingerprint density at radius 3 is 2.67 bits per heavy atom. The van der Waals surface area contributed by atoms with Crippen LogP contribution in [0.15, 0.2) is 82.5 Å². The molecule has 7 heteroatoms. The van der Waals surface area contributed by atoms with Crippen molar-refractivity contribution in [2.75, 3.05) is 19.0 Å². The summed E-state index contributed by atoms with van der Waals surface area (Å²) in [5.74, 6) is 2.22. The maximum Gasteiger partial charge on any atom is 0.274 e. The summed E-state index contributed by atoms with van der Waals surface area (Å²) in [4.78, 5) is 19.5. The Bertz CT molecular complexity index is 1510. The van der Waals surface area contributed by atoms with Crippen molar-refractivity contribution >= 4 is 45.2 Å². The van der Waals surface area contributed by atoms with Gasteiger partial charge in [0.05, 0.1) is 28.8 Å². The minimum absolute atomic E-state index is 0.0556. The average molecular weight is 475 g/mol. The molecule has 0 atom stereocenters. The Hall–Kier alpha value is -3.29. The first-order chi connectivity index (χ1) is 16.2. The molecule has 5 aromatic rings. The van der Waals surface area contributed by atoms with Gasteiger partial charge in [0.15, 0.2) is 16.5 Å². The summed E-state index contributed by atoms with van der Waals surface area (Å²) >= 11 is 3.15. The molecule has 0 amide bonds. The maximum atomic E-state index is 13.0. The zero-order valence-electron chi connectivity index (χ0n) is 18.1. The summed E-state index contributed by atoms with van der Waals surface area (Å²) in [5, 5.41) is 0. The predicted molar refractivity (Wildman–Crippen MR) is 136 cm³/mol. The summed E-state index contributed by atoms with van der Waals surface area (Å²) < 4.78 is 14.1. The molecule has 0 N–H and O–H groups in total. The first-order valence-electron chi connectivity index (χ1n) is 10.7. The van der Waals surface area contributed by atoms with E-state index in [1.807, 2.05) is 73.7 Å². The minimum Gasteiger partial charge on any atom is -0.490 e. The van der Waals surface area contributed by atoms with E-state index in [4.69, 9.17) is 9.47 Å². The fourth-order valence-corrected chi connectivity index (χ4v) is 5.33. The fourth-order valence-electron chi connectivity index (χ4n) is 3.59. The standard InChI is InChI=1S/C26H22N2O3S2/c1-2-30-23-16-18(12-13-22(23)31-14-15-32-19-8-4-3-5-9-19)17-24-25(29)28-21-11-7-6-10-20(21)27-26(28)33-24/h3-13,16-17H,2,14-15H2,1H3. The van der Waals surface area contributed by atoms with E-state index in [2.05, 4.69) is 17.1 Å². The summed E-state index contributed by atoms with van der Waals surface area (Å²) in [7, 11) is 0. The van der Waals surface area contributed by atoms with E-state index in [0.717, 1.165) is 22.3 Å². The second-order valence-corrected chi connectivity index (χ2v) is 9.46. The molecule has 5 nitrogen and oxygen atoms in total. The van der Waals surface area contributed by atoms with E-state index in [1.165, 1.54) is 16.2 Å². The lowest BCUT2D eigenvalue weighted by Crippen LogP contribution is -2.22. The van der Waals surface area contributed by atoms with Crippen LogP contribution in [0.1, 0.15) is 12.5 Å². The van der Waals surface area contributed by atoms with Crippen molar-refractivity contribution in [2.24, 2.45) is 0 Å². The fraction of sp³-hybridized carbons (Fsp3) is 0.154. The van der Waals surface area contributed by atoms with E-state index in [1.54, 1.807) is 16.2 Å². The van der Waals surface area contributed by atoms with Gasteiger partial charge >= 0.3 is 0 Å². The summed E-state index contributed by atoms with van der Waals surface area (Å²) in [6, 6.07) is 23.7. The van der Waals surface area contributed by atoms with Crippen molar-refractivity contribution < 1.29 is 9.47 Å². The van der Waals surface area contributed by atoms with Gasteiger partial charge in [0.2, 0.25) is 0 Å². The highest BCUT2D eigenvalue weighted by molar-refractivity contribution is 7.99. The van der Waals surface area contributed by atoms with Crippen molar-refractivity contribution in [3.05, 3.63) is 93.2 Å². The van der Waals surface area contributed by atoms with Gasteiger partial charge in [-0.2, -0.15) is 0 Å². The SMILES string of the molecule is CCOc1cc(C=c2sc3nc4ccccc4n3c2=O)ccc1OCCSc1ccccc1. The second kappa shape index (κ2) is 9.68. The number of ether oxygens (including phenoxy) is 2. The van der Waals surface area contributed by atoms with Gasteiger partial charge in [0.25, 0.3) is 5.56 Å². The molecule has 0 aliphatic heterocycles. The van der Waals surface area contributed by atoms with E-state index < -0.39 is 0 Å². The number of fused-ring (bicyclic) bond motifs is 3. The largest absolute Gasteiger partial charge is 0.490 e. The first kappa shape index (κ1) is 21.6. The molecular weight excluding hydrogens is 452 g/mol. The van der Waals surface area contributed by atoms with Crippen LogP contribution in [-0.4, -0.2) is 28.4 Å². The molecule has 3 aromatic carbocycles. The zero-order chi connectivity index (χ0) is 22.6. The number of nitrogens with zero attached hydrogens (tertiary/aromatic N) is 2. The van der Waals surface area contributed by atoms with Crippen LogP contribution in [0, 0.1) is 0 Å². The summed E-state index contributed by atoms with van der Waals surface area (Å²) in [5.41, 5.74) is 2.49. The van der Waals surface area contributed by atoms with Gasteiger partial charge in [0, 0.05) is 10.6 Å². The first-order valence-corrected chi connectivity index (χ1v) is 12.5. The molecule has 0 aliphatic carbocycles. The normalized spacial score (nSPS) is 12.0. The monoisotopic (exact) mass is 474 g/mol. The Morgan fingerprint density at radius 2 is 1.82 bits per heavy atom. The molecule has 0 bridgehead atoms. The highest BCUT2D eigenvalue weighted by Crippen LogP contribution is 2.29. The highest BCUT2D eigenvalue weighted by Gasteiger charge is 2.11. The molecule has 2 heterocycles. The second-order valence-electron chi connectivity index (χ2n) is 7.28. The summed E-state index contributed by atoms with van der Waals surface area (Å²) in [6.07, 6.45) is 1.88. The molecule has 0 saturated heterocycles. The van der Waals surface area contributed by atoms with E-state index in [0.29, 0.717) is 34.2 Å². The Labute approximate surface area is 199 Å². The number of benzene rings is 3. The lowest BCUT2D eigenvalue weighted by molar-refractivity contribution is 0.289. The maximum absolute atomic E-state index is 13.0. The van der Waals surface area contributed by atoms with E-state index >= 15 is 0 Å². The van der Waals surface area contributed by atoms with Gasteiger partial charge in [-0.25, -0.2) is 9.38 Å². The van der Waals surface area contributed by atoms with Crippen LogP contribution in [0.5, 0.6) is 11.5 Å². The molecule has 0 radical (unpaired) electrons. The molecule has 0 saturated carbocycles. The lowest BCUT2D eigenvalue weighted by Gasteiger charge is -2.12. The topological polar surface area (TPSA) is 52.8 Å². The Morgan fingerprint density at radius 1 is 1.00 bits per heavy atom. The number of hydrogen-bond acceptors (Lipinski definition) is 6. The average Bonchev–Trinajstić information content (AvgIpc) is 3.35. The number of thioether (sulfide) groups is 1. The molecule has 0 aliphatic rings. The van der Waals surface area contributed by atoms with Crippen molar-refractivity contribution in [1.29, 1.82) is 0 Å². The predicted octanol–water partition coefficient (Wildman–Crippen LogP) is 5.03. The highest BCUT2D eigenvalue weighted by atomic mass is 32.2. The third-order valence-corrected chi connectivity index (χ3v) is 7.01. The number of hydrogen-bond donors (Lipinski definition) is 0. The van der Waals surface area contributed by atoms with Crippen LogP contribution >= 0.6 is 23.1 Å². The van der Waals surface area contributed by atoms with Crippen LogP contribution < -0.4 is 19.6 Å². The van der Waals surface area contributed by atoms with Crippen LogP contribution in [-0.2, 0) is 0 Å². The molecular formula is C26H22N2O3S2. The zero-order valence-corrected chi connectivity index (χ0v) is 19.7. The van der Waals surface area contributed by atoms with E-state index in [9.17, 15) is 4.79 Å². The van der Waals surface area contributed by atoms with Gasteiger partial charge in [-0.15, -0.1) is 11.8 Å². The van der Waals surface area contributed by atoms with Gasteiger partial charge in [0.1, 0.15) is 0 Å². The van der Waals surface area contributed by atoms with Gasteiger partial charge in [-0.05, 0) is 55.0 Å². The molecule has 0 spiro atoms. The van der Waals surface area contributed by atoms with Crippen molar-refractivity contribution in [3.63, 3.8) is 0 Å². The number of aromatic nitrogens is 2. The number of imidazole rings is 1. The Kier molecular flexibility index (Phi) is 6.32. The summed E-state index contributed by atoms with van der Waals surface area (Å²) in [6.45, 7) is 3.05. The number of para-hydroxylation sites is 2. The molecule has 166 valence electrons. The van der Waals surface area contributed by atoms with Gasteiger partial charge in [-0.3, -0.25) is 4.79 Å². The molecule has 0 fully saturated rings. The van der Waals surface area contributed by atoms with Crippen LogP contribution in [0.4, 0.5) is 0 Å². The van der Waals surface area contributed by atoms with Crippen molar-refractivity contribution in [3.8, 4) is 11.5 Å². The van der Waals surface area contributed by atoms with Crippen LogP contribution in [0.3, 0.4) is 0 Å². The molecule has 0 unspecified atom stereocenters. The number of thiazole rings is 1. The number of rotatable bonds is 8. The minimum atomic E-state index is -0.0556. The van der Waals surface area contributed by atoms with E-state index in [-0.39, 0.29) is 5.56 Å². The third kappa shape index (κ3) is 4.60. The molecule has 2 aromatic heterocycles. The third-order valence-electron chi connectivity index (χ3n) is 5.06. The smallest absolute Gasteiger partial charge is 0.274 e. The lowest BCUT2D eigenvalue weighted by atomic mass is 10.2. The van der Waals surface area contributed by atoms with Crippen LogP contribution in [0.25, 0.3) is 22.1 Å².